The Bertz CT molecular complexity index is 1130. The van der Waals surface area contributed by atoms with Gasteiger partial charge in [0.1, 0.15) is 0 Å². The Morgan fingerprint density at radius 1 is 0.806 bits per heavy atom. The second-order valence-corrected chi connectivity index (χ2v) is 8.40. The van der Waals surface area contributed by atoms with Crippen LogP contribution in [0.15, 0.2) is 60.8 Å². The van der Waals surface area contributed by atoms with Crippen LogP contribution in [0.5, 0.6) is 0 Å². The van der Waals surface area contributed by atoms with Crippen molar-refractivity contribution in [2.24, 2.45) is 0 Å². The third kappa shape index (κ3) is 3.81. The Balaban J connectivity index is 1.07. The van der Waals surface area contributed by atoms with Crippen molar-refractivity contribution in [2.75, 3.05) is 26.2 Å². The van der Waals surface area contributed by atoms with E-state index in [2.05, 4.69) is 46.4 Å². The van der Waals surface area contributed by atoms with Crippen molar-refractivity contribution in [3.8, 4) is 0 Å². The van der Waals surface area contributed by atoms with Gasteiger partial charge in [-0.05, 0) is 49.6 Å². The molecule has 3 heterocycles. The van der Waals surface area contributed by atoms with Crippen molar-refractivity contribution >= 4 is 28.3 Å². The molecule has 1 aromatic heterocycles. The summed E-state index contributed by atoms with van der Waals surface area (Å²) in [7, 11) is 0. The second-order valence-electron chi connectivity index (χ2n) is 8.40. The number of carbonyl (C=O) groups is 2. The minimum Gasteiger partial charge on any atom is -0.361 e. The molecule has 5 nitrogen and oxygen atoms in total. The highest BCUT2D eigenvalue weighted by atomic mass is 16.2. The van der Waals surface area contributed by atoms with Crippen molar-refractivity contribution in [1.29, 1.82) is 0 Å². The lowest BCUT2D eigenvalue weighted by atomic mass is 9.99. The van der Waals surface area contributed by atoms with Gasteiger partial charge in [0, 0.05) is 42.3 Å². The van der Waals surface area contributed by atoms with Gasteiger partial charge in [-0.1, -0.05) is 42.8 Å². The first kappa shape index (κ1) is 19.8. The summed E-state index contributed by atoms with van der Waals surface area (Å²) < 4.78 is 0. The maximum absolute atomic E-state index is 12.4. The van der Waals surface area contributed by atoms with Gasteiger partial charge in [-0.3, -0.25) is 19.4 Å². The van der Waals surface area contributed by atoms with Gasteiger partial charge in [-0.25, -0.2) is 0 Å². The maximum Gasteiger partial charge on any atom is 0.261 e. The number of rotatable bonds is 7. The minimum absolute atomic E-state index is 0.147. The summed E-state index contributed by atoms with van der Waals surface area (Å²) >= 11 is 0. The van der Waals surface area contributed by atoms with Crippen LogP contribution in [-0.2, 0) is 0 Å². The Kier molecular flexibility index (Phi) is 5.43. The molecule has 0 saturated heterocycles. The van der Waals surface area contributed by atoms with Gasteiger partial charge in [0.15, 0.2) is 0 Å². The molecule has 0 spiro atoms. The van der Waals surface area contributed by atoms with Crippen LogP contribution < -0.4 is 0 Å². The van der Waals surface area contributed by atoms with Crippen LogP contribution in [-0.4, -0.2) is 52.8 Å². The molecule has 31 heavy (non-hydrogen) atoms. The van der Waals surface area contributed by atoms with Gasteiger partial charge in [0.2, 0.25) is 0 Å². The number of aromatic nitrogens is 1. The zero-order valence-corrected chi connectivity index (χ0v) is 17.6. The monoisotopic (exact) mass is 413 g/mol. The van der Waals surface area contributed by atoms with E-state index in [1.807, 2.05) is 12.1 Å². The largest absolute Gasteiger partial charge is 0.361 e. The fourth-order valence-corrected chi connectivity index (χ4v) is 4.72. The van der Waals surface area contributed by atoms with Crippen LogP contribution in [0.25, 0.3) is 16.5 Å². The average Bonchev–Trinajstić information content (AvgIpc) is 3.34. The number of unbranched alkanes of at least 4 members (excludes halogenated alkanes) is 2. The zero-order chi connectivity index (χ0) is 21.2. The fraction of sp³-hybridized carbons (Fsp3) is 0.308. The summed E-state index contributed by atoms with van der Waals surface area (Å²) in [5.74, 6) is -0.293. The lowest BCUT2D eigenvalue weighted by Gasteiger charge is -2.26. The molecule has 2 aromatic carbocycles. The first-order chi connectivity index (χ1) is 15.2. The van der Waals surface area contributed by atoms with Crippen LogP contribution in [0.1, 0.15) is 52.0 Å². The number of hydrogen-bond donors (Lipinski definition) is 1. The number of fused-ring (bicyclic) bond motifs is 2. The van der Waals surface area contributed by atoms with Crippen LogP contribution in [0.3, 0.4) is 0 Å². The number of hydrogen-bond acceptors (Lipinski definition) is 3. The van der Waals surface area contributed by atoms with E-state index in [1.54, 1.807) is 12.1 Å². The van der Waals surface area contributed by atoms with Gasteiger partial charge < -0.3 is 4.98 Å². The number of para-hydroxylation sites is 1. The third-order valence-corrected chi connectivity index (χ3v) is 6.46. The summed E-state index contributed by atoms with van der Waals surface area (Å²) in [6.45, 7) is 3.62. The van der Waals surface area contributed by atoms with E-state index in [4.69, 9.17) is 0 Å². The number of nitrogens with one attached hydrogen (secondary N) is 1. The van der Waals surface area contributed by atoms with E-state index >= 15 is 0 Å². The zero-order valence-electron chi connectivity index (χ0n) is 17.6. The maximum atomic E-state index is 12.4. The number of nitrogens with zero attached hydrogens (tertiary/aromatic N) is 2. The molecule has 158 valence electrons. The van der Waals surface area contributed by atoms with Crippen molar-refractivity contribution in [2.45, 2.75) is 25.7 Å². The van der Waals surface area contributed by atoms with Crippen LogP contribution in [0.2, 0.25) is 0 Å². The molecule has 3 aromatic rings. The molecule has 0 aliphatic carbocycles. The summed E-state index contributed by atoms with van der Waals surface area (Å²) in [5, 5.41) is 1.30. The van der Waals surface area contributed by atoms with Gasteiger partial charge >= 0.3 is 0 Å². The second kappa shape index (κ2) is 8.52. The molecule has 0 bridgehead atoms. The Labute approximate surface area is 182 Å². The van der Waals surface area contributed by atoms with E-state index in [9.17, 15) is 9.59 Å². The number of imide groups is 1. The van der Waals surface area contributed by atoms with E-state index in [-0.39, 0.29) is 11.8 Å². The van der Waals surface area contributed by atoms with Crippen LogP contribution in [0, 0.1) is 0 Å². The summed E-state index contributed by atoms with van der Waals surface area (Å²) in [4.78, 5) is 32.1. The topological polar surface area (TPSA) is 56.4 Å². The number of H-pyrrole nitrogens is 1. The molecule has 2 aliphatic heterocycles. The molecular weight excluding hydrogens is 386 g/mol. The summed E-state index contributed by atoms with van der Waals surface area (Å²) in [6, 6.07) is 15.6. The molecular formula is C26H27N3O2. The van der Waals surface area contributed by atoms with Crippen LogP contribution in [0.4, 0.5) is 0 Å². The van der Waals surface area contributed by atoms with Gasteiger partial charge in [0.05, 0.1) is 11.1 Å². The third-order valence-electron chi connectivity index (χ3n) is 6.46. The van der Waals surface area contributed by atoms with E-state index < -0.39 is 0 Å². The molecule has 2 aliphatic rings. The fourth-order valence-electron chi connectivity index (χ4n) is 4.72. The SMILES string of the molecule is O=C1c2ccccc2C(=O)N1CCCCCN1CC=C(c2c[nH]c3ccccc23)CC1. The number of aromatic amines is 1. The van der Waals surface area contributed by atoms with Crippen molar-refractivity contribution in [1.82, 2.24) is 14.8 Å². The highest BCUT2D eigenvalue weighted by Gasteiger charge is 2.34. The Morgan fingerprint density at radius 3 is 2.26 bits per heavy atom. The molecule has 5 heteroatoms. The number of amides is 2. The van der Waals surface area contributed by atoms with E-state index in [1.165, 1.54) is 26.9 Å². The Morgan fingerprint density at radius 2 is 1.52 bits per heavy atom. The number of carbonyl (C=O) groups excluding carboxylic acids is 2. The van der Waals surface area contributed by atoms with Crippen LogP contribution >= 0.6 is 0 Å². The van der Waals surface area contributed by atoms with E-state index in [0.717, 1.165) is 45.3 Å². The first-order valence-electron chi connectivity index (χ1n) is 11.2. The predicted molar refractivity (Wildman–Crippen MR) is 123 cm³/mol. The summed E-state index contributed by atoms with van der Waals surface area (Å²) in [5.41, 5.74) is 5.03. The van der Waals surface area contributed by atoms with Crippen molar-refractivity contribution in [3.63, 3.8) is 0 Å². The molecule has 0 saturated carbocycles. The normalized spacial score (nSPS) is 16.8. The Hall–Kier alpha value is -3.18. The predicted octanol–water partition coefficient (Wildman–Crippen LogP) is 4.72. The van der Waals surface area contributed by atoms with Gasteiger partial charge in [-0.2, -0.15) is 0 Å². The summed E-state index contributed by atoms with van der Waals surface area (Å²) in [6.07, 6.45) is 8.51. The highest BCUT2D eigenvalue weighted by molar-refractivity contribution is 6.21. The van der Waals surface area contributed by atoms with Crippen molar-refractivity contribution < 1.29 is 9.59 Å². The van der Waals surface area contributed by atoms with Gasteiger partial charge in [-0.15, -0.1) is 0 Å². The lowest BCUT2D eigenvalue weighted by molar-refractivity contribution is 0.0651. The first-order valence-corrected chi connectivity index (χ1v) is 11.2. The van der Waals surface area contributed by atoms with E-state index in [0.29, 0.717) is 17.7 Å². The average molecular weight is 414 g/mol. The number of benzene rings is 2. The molecule has 0 radical (unpaired) electrons. The standard InChI is InChI=1S/C26H27N3O2/c30-25-21-9-2-3-10-22(21)26(31)29(25)15-7-1-6-14-28-16-12-19(13-17-28)23-18-27-24-11-5-4-8-20(23)24/h2-5,8-12,18,27H,1,6-7,13-17H2. The quantitative estimate of drug-likeness (QED) is 0.450. The van der Waals surface area contributed by atoms with Crippen molar-refractivity contribution in [3.05, 3.63) is 77.5 Å². The molecule has 5 rings (SSSR count). The van der Waals surface area contributed by atoms with Gasteiger partial charge in [0.25, 0.3) is 11.8 Å². The highest BCUT2D eigenvalue weighted by Crippen LogP contribution is 2.29. The molecule has 0 fully saturated rings. The smallest absolute Gasteiger partial charge is 0.261 e. The lowest BCUT2D eigenvalue weighted by Crippen LogP contribution is -2.31. The minimum atomic E-state index is -0.147. The molecule has 2 amide bonds. The molecule has 0 unspecified atom stereocenters. The molecule has 0 atom stereocenters. The molecule has 1 N–H and O–H groups in total.